The Morgan fingerprint density at radius 3 is 3.12 bits per heavy atom. The van der Waals surface area contributed by atoms with Crippen LogP contribution in [-0.4, -0.2) is 47.9 Å². The van der Waals surface area contributed by atoms with Crippen molar-refractivity contribution in [3.05, 3.63) is 18.0 Å². The molecule has 1 saturated heterocycles. The lowest BCUT2D eigenvalue weighted by Gasteiger charge is -2.14. The molecule has 16 heavy (non-hydrogen) atoms. The number of hydrogen-bond donors (Lipinski definition) is 1. The van der Waals surface area contributed by atoms with Crippen LogP contribution in [0.15, 0.2) is 12.3 Å². The minimum Gasteiger partial charge on any atom is -0.319 e. The second-order valence-corrected chi connectivity index (χ2v) is 4.74. The smallest absolute Gasteiger partial charge is 0.0637 e. The molecule has 0 spiro atoms. The summed E-state index contributed by atoms with van der Waals surface area (Å²) in [5.74, 6) is 0.841. The zero-order valence-corrected chi connectivity index (χ0v) is 10.3. The summed E-state index contributed by atoms with van der Waals surface area (Å²) in [6, 6.07) is 2.11. The first-order chi connectivity index (χ1) is 7.78. The van der Waals surface area contributed by atoms with E-state index < -0.39 is 0 Å². The van der Waals surface area contributed by atoms with Gasteiger partial charge in [-0.25, -0.2) is 0 Å². The summed E-state index contributed by atoms with van der Waals surface area (Å²) < 4.78 is 1.88. The number of aromatic nitrogens is 2. The minimum atomic E-state index is 0.841. The molecular formula is C12H22N4. The molecule has 0 amide bonds. The second kappa shape index (κ2) is 5.46. The molecular weight excluding hydrogens is 200 g/mol. The van der Waals surface area contributed by atoms with E-state index in [0.29, 0.717) is 0 Å². The van der Waals surface area contributed by atoms with Crippen molar-refractivity contribution in [2.75, 3.05) is 33.2 Å². The highest BCUT2D eigenvalue weighted by Gasteiger charge is 2.21. The van der Waals surface area contributed by atoms with Gasteiger partial charge in [0, 0.05) is 32.8 Å². The number of hydrogen-bond acceptors (Lipinski definition) is 3. The van der Waals surface area contributed by atoms with E-state index in [9.17, 15) is 0 Å². The van der Waals surface area contributed by atoms with Crippen molar-refractivity contribution in [2.24, 2.45) is 13.0 Å². The van der Waals surface area contributed by atoms with E-state index in [0.717, 1.165) is 25.4 Å². The Bertz CT molecular complexity index is 321. The molecule has 2 rings (SSSR count). The molecule has 2 heterocycles. The molecule has 1 fully saturated rings. The molecule has 1 aromatic rings. The number of likely N-dealkylation sites (tertiary alicyclic amines) is 1. The molecule has 0 radical (unpaired) electrons. The first-order valence-corrected chi connectivity index (χ1v) is 6.13. The Hall–Kier alpha value is -0.870. The van der Waals surface area contributed by atoms with Crippen LogP contribution < -0.4 is 5.32 Å². The molecule has 1 aliphatic heterocycles. The Kier molecular flexibility index (Phi) is 3.96. The molecule has 0 saturated carbocycles. The Labute approximate surface area is 97.6 Å². The van der Waals surface area contributed by atoms with Crippen molar-refractivity contribution >= 4 is 0 Å². The van der Waals surface area contributed by atoms with Gasteiger partial charge in [0.2, 0.25) is 0 Å². The van der Waals surface area contributed by atoms with E-state index in [1.165, 1.54) is 25.2 Å². The first-order valence-electron chi connectivity index (χ1n) is 6.13. The Balaban J connectivity index is 1.71. The average Bonchev–Trinajstić information content (AvgIpc) is 2.85. The van der Waals surface area contributed by atoms with Gasteiger partial charge in [-0.05, 0) is 38.5 Å². The minimum absolute atomic E-state index is 0.841. The van der Waals surface area contributed by atoms with Gasteiger partial charge in [-0.3, -0.25) is 4.68 Å². The monoisotopic (exact) mass is 222 g/mol. The van der Waals surface area contributed by atoms with Gasteiger partial charge in [-0.1, -0.05) is 0 Å². The number of nitrogens with zero attached hydrogens (tertiary/aromatic N) is 3. The van der Waals surface area contributed by atoms with Crippen LogP contribution >= 0.6 is 0 Å². The Morgan fingerprint density at radius 1 is 1.56 bits per heavy atom. The number of rotatable bonds is 5. The average molecular weight is 222 g/mol. The summed E-state index contributed by atoms with van der Waals surface area (Å²) in [5.41, 5.74) is 1.21. The molecule has 1 aromatic heterocycles. The van der Waals surface area contributed by atoms with Gasteiger partial charge < -0.3 is 10.2 Å². The highest BCUT2D eigenvalue weighted by molar-refractivity contribution is 4.99. The standard InChI is InChI=1S/C12H22N4/c1-13-9-11-3-7-16(10-11)8-5-12-4-6-15(2)14-12/h4,6,11,13H,3,5,7-10H2,1-2H3. The highest BCUT2D eigenvalue weighted by atomic mass is 15.2. The van der Waals surface area contributed by atoms with E-state index in [1.807, 2.05) is 25.0 Å². The van der Waals surface area contributed by atoms with Crippen LogP contribution in [0, 0.1) is 5.92 Å². The van der Waals surface area contributed by atoms with E-state index >= 15 is 0 Å². The molecule has 1 aliphatic rings. The van der Waals surface area contributed by atoms with Gasteiger partial charge in [0.05, 0.1) is 5.69 Å². The molecule has 1 unspecified atom stereocenters. The molecule has 4 nitrogen and oxygen atoms in total. The summed E-state index contributed by atoms with van der Waals surface area (Å²) in [5, 5.41) is 7.67. The highest BCUT2D eigenvalue weighted by Crippen LogP contribution is 2.15. The maximum Gasteiger partial charge on any atom is 0.0637 e. The third kappa shape index (κ3) is 3.06. The van der Waals surface area contributed by atoms with Crippen molar-refractivity contribution in [1.29, 1.82) is 0 Å². The number of aryl methyl sites for hydroxylation is 1. The van der Waals surface area contributed by atoms with Crippen LogP contribution in [0.2, 0.25) is 0 Å². The quantitative estimate of drug-likeness (QED) is 0.788. The van der Waals surface area contributed by atoms with E-state index in [2.05, 4.69) is 21.4 Å². The van der Waals surface area contributed by atoms with Gasteiger partial charge in [-0.15, -0.1) is 0 Å². The maximum absolute atomic E-state index is 4.40. The second-order valence-electron chi connectivity index (χ2n) is 4.74. The van der Waals surface area contributed by atoms with Crippen molar-refractivity contribution in [2.45, 2.75) is 12.8 Å². The third-order valence-corrected chi connectivity index (χ3v) is 3.32. The van der Waals surface area contributed by atoms with Crippen molar-refractivity contribution in [3.63, 3.8) is 0 Å². The molecule has 4 heteroatoms. The molecule has 1 atom stereocenters. The summed E-state index contributed by atoms with van der Waals surface area (Å²) in [4.78, 5) is 2.55. The van der Waals surface area contributed by atoms with Crippen LogP contribution in [0.25, 0.3) is 0 Å². The van der Waals surface area contributed by atoms with Crippen LogP contribution in [0.3, 0.4) is 0 Å². The Morgan fingerprint density at radius 2 is 2.44 bits per heavy atom. The van der Waals surface area contributed by atoms with Gasteiger partial charge in [0.1, 0.15) is 0 Å². The lowest BCUT2D eigenvalue weighted by Crippen LogP contribution is -2.26. The van der Waals surface area contributed by atoms with Gasteiger partial charge in [0.15, 0.2) is 0 Å². The lowest BCUT2D eigenvalue weighted by atomic mass is 10.1. The van der Waals surface area contributed by atoms with Gasteiger partial charge >= 0.3 is 0 Å². The fourth-order valence-corrected chi connectivity index (χ4v) is 2.44. The van der Waals surface area contributed by atoms with Crippen molar-refractivity contribution < 1.29 is 0 Å². The van der Waals surface area contributed by atoms with Crippen LogP contribution in [-0.2, 0) is 13.5 Å². The molecule has 0 bridgehead atoms. The summed E-state index contributed by atoms with van der Waals surface area (Å²) in [7, 11) is 4.01. The van der Waals surface area contributed by atoms with E-state index in [4.69, 9.17) is 0 Å². The van der Waals surface area contributed by atoms with Gasteiger partial charge in [0.25, 0.3) is 0 Å². The van der Waals surface area contributed by atoms with Crippen molar-refractivity contribution in [3.8, 4) is 0 Å². The van der Waals surface area contributed by atoms with E-state index in [-0.39, 0.29) is 0 Å². The first kappa shape index (κ1) is 11.6. The summed E-state index contributed by atoms with van der Waals surface area (Å²) in [6.45, 7) is 4.80. The fraction of sp³-hybridized carbons (Fsp3) is 0.750. The van der Waals surface area contributed by atoms with Crippen molar-refractivity contribution in [1.82, 2.24) is 20.0 Å². The largest absolute Gasteiger partial charge is 0.319 e. The fourth-order valence-electron chi connectivity index (χ4n) is 2.44. The van der Waals surface area contributed by atoms with Crippen LogP contribution in [0.4, 0.5) is 0 Å². The normalized spacial score (nSPS) is 21.8. The summed E-state index contributed by atoms with van der Waals surface area (Å²) >= 11 is 0. The maximum atomic E-state index is 4.40. The molecule has 0 aromatic carbocycles. The topological polar surface area (TPSA) is 33.1 Å². The predicted molar refractivity (Wildman–Crippen MR) is 65.4 cm³/mol. The lowest BCUT2D eigenvalue weighted by molar-refractivity contribution is 0.325. The third-order valence-electron chi connectivity index (χ3n) is 3.32. The SMILES string of the molecule is CNCC1CCN(CCc2ccn(C)n2)C1. The zero-order valence-electron chi connectivity index (χ0n) is 10.3. The summed E-state index contributed by atoms with van der Waals surface area (Å²) in [6.07, 6.45) is 4.43. The van der Waals surface area contributed by atoms with E-state index in [1.54, 1.807) is 0 Å². The predicted octanol–water partition coefficient (Wildman–Crippen LogP) is 0.504. The molecule has 90 valence electrons. The number of nitrogens with one attached hydrogen (secondary N) is 1. The van der Waals surface area contributed by atoms with Crippen LogP contribution in [0.5, 0.6) is 0 Å². The zero-order chi connectivity index (χ0) is 11.4. The van der Waals surface area contributed by atoms with Crippen LogP contribution in [0.1, 0.15) is 12.1 Å². The molecule has 1 N–H and O–H groups in total. The molecule has 0 aliphatic carbocycles. The van der Waals surface area contributed by atoms with Gasteiger partial charge in [-0.2, -0.15) is 5.10 Å².